The second-order valence-electron chi connectivity index (χ2n) is 2.12. The lowest BCUT2D eigenvalue weighted by molar-refractivity contribution is -0.138. The van der Waals surface area contributed by atoms with Crippen LogP contribution in [0.2, 0.25) is 0 Å². The Morgan fingerprint density at radius 2 is 1.92 bits per heavy atom. The van der Waals surface area contributed by atoms with Crippen molar-refractivity contribution in [1.29, 1.82) is 0 Å². The van der Waals surface area contributed by atoms with Crippen molar-refractivity contribution in [2.75, 3.05) is 13.2 Å². The molecule has 3 nitrogen and oxygen atoms in total. The lowest BCUT2D eigenvalue weighted by Crippen LogP contribution is -2.03. The highest BCUT2D eigenvalue weighted by atomic mass is 16.5. The number of carbonyl (C=O) groups excluding carboxylic acids is 1. The maximum Gasteiger partial charge on any atom is 0.333 e. The summed E-state index contributed by atoms with van der Waals surface area (Å²) in [7, 11) is 0. The van der Waals surface area contributed by atoms with E-state index in [4.69, 9.17) is 0 Å². The third-order valence-corrected chi connectivity index (χ3v) is 0.908. The summed E-state index contributed by atoms with van der Waals surface area (Å²) in [6.45, 7) is 13.2. The van der Waals surface area contributed by atoms with E-state index in [1.165, 1.54) is 6.26 Å². The Hall–Kier alpha value is -1.25. The van der Waals surface area contributed by atoms with Gasteiger partial charge in [0.2, 0.25) is 0 Å². The summed E-state index contributed by atoms with van der Waals surface area (Å²) in [6, 6.07) is 0. The smallest absolute Gasteiger partial charge is 0.333 e. The fourth-order valence-electron chi connectivity index (χ4n) is 0.372. The molecule has 3 heteroatoms. The highest BCUT2D eigenvalue weighted by Crippen LogP contribution is 1.89. The summed E-state index contributed by atoms with van der Waals surface area (Å²) >= 11 is 0. The first-order valence-corrected chi connectivity index (χ1v) is 4.15. The van der Waals surface area contributed by atoms with Crippen molar-refractivity contribution < 1.29 is 14.3 Å². The summed E-state index contributed by atoms with van der Waals surface area (Å²) in [6.07, 6.45) is 1.43. The summed E-state index contributed by atoms with van der Waals surface area (Å²) in [5.41, 5.74) is 0.451. The molecule has 0 aromatic rings. The van der Waals surface area contributed by atoms with Crippen molar-refractivity contribution in [2.24, 2.45) is 0 Å². The maximum absolute atomic E-state index is 10.4. The van der Waals surface area contributed by atoms with Crippen molar-refractivity contribution in [3.8, 4) is 0 Å². The van der Waals surface area contributed by atoms with Gasteiger partial charge in [0.05, 0.1) is 19.5 Å². The molecule has 0 saturated heterocycles. The van der Waals surface area contributed by atoms with Crippen LogP contribution in [-0.4, -0.2) is 19.2 Å². The van der Waals surface area contributed by atoms with E-state index in [9.17, 15) is 4.79 Å². The molecule has 0 bridgehead atoms. The number of carbonyl (C=O) groups is 1. The highest BCUT2D eigenvalue weighted by Gasteiger charge is 1.98. The maximum atomic E-state index is 10.4. The predicted molar refractivity (Wildman–Crippen MR) is 53.3 cm³/mol. The van der Waals surface area contributed by atoms with Crippen LogP contribution in [0.5, 0.6) is 0 Å². The van der Waals surface area contributed by atoms with Crippen LogP contribution in [0.1, 0.15) is 20.8 Å². The van der Waals surface area contributed by atoms with Gasteiger partial charge in [0.1, 0.15) is 0 Å². The normalized spacial score (nSPS) is 7.62. The van der Waals surface area contributed by atoms with Gasteiger partial charge in [0.15, 0.2) is 0 Å². The third-order valence-electron chi connectivity index (χ3n) is 0.908. The summed E-state index contributed by atoms with van der Waals surface area (Å²) in [5.74, 6) is -0.312. The van der Waals surface area contributed by atoms with Crippen molar-refractivity contribution in [2.45, 2.75) is 20.8 Å². The standard InChI is InChI=1S/C6H10O2.C4H8O/c1-4-8-6(7)5(2)3;1-3-5-4-2/h2,4H2,1,3H3;3H,1,4H2,2H3. The Labute approximate surface area is 80.0 Å². The van der Waals surface area contributed by atoms with E-state index in [1.54, 1.807) is 13.8 Å². The van der Waals surface area contributed by atoms with Gasteiger partial charge in [0, 0.05) is 5.57 Å². The molecule has 76 valence electrons. The minimum atomic E-state index is -0.312. The van der Waals surface area contributed by atoms with Crippen LogP contribution in [0.25, 0.3) is 0 Å². The first-order chi connectivity index (χ1) is 6.09. The Bertz CT molecular complexity index is 162. The van der Waals surface area contributed by atoms with E-state index < -0.39 is 0 Å². The molecule has 0 aliphatic heterocycles. The van der Waals surface area contributed by atoms with E-state index in [2.05, 4.69) is 22.6 Å². The van der Waals surface area contributed by atoms with Gasteiger partial charge in [-0.25, -0.2) is 4.79 Å². The summed E-state index contributed by atoms with van der Waals surface area (Å²) in [4.78, 5) is 10.4. The van der Waals surface area contributed by atoms with Crippen molar-refractivity contribution in [3.63, 3.8) is 0 Å². The van der Waals surface area contributed by atoms with Gasteiger partial charge in [-0.1, -0.05) is 13.2 Å². The lowest BCUT2D eigenvalue weighted by atomic mass is 10.4. The van der Waals surface area contributed by atoms with Crippen LogP contribution >= 0.6 is 0 Å². The SMILES string of the molecule is C=C(C)C(=O)OCC.C=COCC. The molecule has 0 radical (unpaired) electrons. The molecule has 0 rings (SSSR count). The Morgan fingerprint density at radius 1 is 1.38 bits per heavy atom. The molecule has 0 aromatic heterocycles. The predicted octanol–water partition coefficient (Wildman–Crippen LogP) is 2.29. The van der Waals surface area contributed by atoms with Crippen molar-refractivity contribution in [1.82, 2.24) is 0 Å². The molecule has 0 amide bonds. The van der Waals surface area contributed by atoms with Crippen LogP contribution in [0.15, 0.2) is 25.0 Å². The number of esters is 1. The number of rotatable bonds is 4. The molecule has 0 fully saturated rings. The first kappa shape index (κ1) is 14.3. The number of ether oxygens (including phenoxy) is 2. The zero-order chi connectivity index (χ0) is 10.7. The molecular weight excluding hydrogens is 168 g/mol. The molecule has 0 atom stereocenters. The molecule has 0 N–H and O–H groups in total. The zero-order valence-corrected chi connectivity index (χ0v) is 8.63. The van der Waals surface area contributed by atoms with Crippen LogP contribution < -0.4 is 0 Å². The van der Waals surface area contributed by atoms with E-state index in [0.717, 1.165) is 6.61 Å². The monoisotopic (exact) mass is 186 g/mol. The Morgan fingerprint density at radius 3 is 2.00 bits per heavy atom. The molecule has 13 heavy (non-hydrogen) atoms. The minimum Gasteiger partial charge on any atom is -0.502 e. The van der Waals surface area contributed by atoms with Crippen LogP contribution in [-0.2, 0) is 14.3 Å². The third kappa shape index (κ3) is 13.7. The Balaban J connectivity index is 0. The van der Waals surface area contributed by atoms with Crippen LogP contribution in [0, 0.1) is 0 Å². The Kier molecular flexibility index (Phi) is 11.8. The van der Waals surface area contributed by atoms with E-state index >= 15 is 0 Å². The van der Waals surface area contributed by atoms with Gasteiger partial charge in [-0.15, -0.1) is 0 Å². The average molecular weight is 186 g/mol. The fraction of sp³-hybridized carbons (Fsp3) is 0.500. The number of hydrogen-bond acceptors (Lipinski definition) is 3. The lowest BCUT2D eigenvalue weighted by Gasteiger charge is -1.96. The molecule has 0 aliphatic rings. The van der Waals surface area contributed by atoms with Gasteiger partial charge in [-0.3, -0.25) is 0 Å². The minimum absolute atomic E-state index is 0.312. The van der Waals surface area contributed by atoms with Crippen molar-refractivity contribution in [3.05, 3.63) is 25.0 Å². The first-order valence-electron chi connectivity index (χ1n) is 4.15. The highest BCUT2D eigenvalue weighted by molar-refractivity contribution is 5.86. The van der Waals surface area contributed by atoms with Crippen LogP contribution in [0.4, 0.5) is 0 Å². The van der Waals surface area contributed by atoms with Gasteiger partial charge in [-0.2, -0.15) is 0 Å². The average Bonchev–Trinajstić information content (AvgIpc) is 2.07. The molecule has 0 spiro atoms. The van der Waals surface area contributed by atoms with Gasteiger partial charge in [0.25, 0.3) is 0 Å². The largest absolute Gasteiger partial charge is 0.502 e. The second kappa shape index (κ2) is 10.8. The van der Waals surface area contributed by atoms with E-state index in [-0.39, 0.29) is 5.97 Å². The quantitative estimate of drug-likeness (QED) is 0.384. The molecular formula is C10H18O3. The van der Waals surface area contributed by atoms with Gasteiger partial charge < -0.3 is 9.47 Å². The number of hydrogen-bond donors (Lipinski definition) is 0. The molecule has 0 aliphatic carbocycles. The topological polar surface area (TPSA) is 35.5 Å². The van der Waals surface area contributed by atoms with Crippen LogP contribution in [0.3, 0.4) is 0 Å². The molecule has 0 saturated carbocycles. The second-order valence-corrected chi connectivity index (χ2v) is 2.12. The molecule has 0 heterocycles. The summed E-state index contributed by atoms with van der Waals surface area (Å²) in [5, 5.41) is 0. The molecule has 0 unspecified atom stereocenters. The van der Waals surface area contributed by atoms with Crippen molar-refractivity contribution >= 4 is 5.97 Å². The molecule has 0 aromatic carbocycles. The van der Waals surface area contributed by atoms with Gasteiger partial charge in [-0.05, 0) is 20.8 Å². The van der Waals surface area contributed by atoms with E-state index in [0.29, 0.717) is 12.2 Å². The zero-order valence-electron chi connectivity index (χ0n) is 8.63. The fourth-order valence-corrected chi connectivity index (χ4v) is 0.372. The summed E-state index contributed by atoms with van der Waals surface area (Å²) < 4.78 is 9.16. The van der Waals surface area contributed by atoms with Gasteiger partial charge >= 0.3 is 5.97 Å². The van der Waals surface area contributed by atoms with E-state index in [1.807, 2.05) is 6.92 Å².